The van der Waals surface area contributed by atoms with Crippen LogP contribution in [0.2, 0.25) is 0 Å². The number of nitrogens with zero attached hydrogens (tertiary/aromatic N) is 1. The van der Waals surface area contributed by atoms with Gasteiger partial charge in [-0.1, -0.05) is 39.0 Å². The highest BCUT2D eigenvalue weighted by atomic mass is 16.5. The molecule has 2 atom stereocenters. The molecule has 3 rings (SSSR count). The molecule has 1 aliphatic carbocycles. The fraction of sp³-hybridized carbons (Fsp3) is 0.500. The number of urea groups is 1. The predicted octanol–water partition coefficient (Wildman–Crippen LogP) is 1.62. The van der Waals surface area contributed by atoms with Crippen molar-refractivity contribution in [3.8, 4) is 0 Å². The minimum absolute atomic E-state index is 0.124. The van der Waals surface area contributed by atoms with Crippen molar-refractivity contribution in [1.82, 2.24) is 15.5 Å². The summed E-state index contributed by atoms with van der Waals surface area (Å²) in [7, 11) is 0. The fourth-order valence-electron chi connectivity index (χ4n) is 4.79. The summed E-state index contributed by atoms with van der Waals surface area (Å²) in [5.41, 5.74) is -0.852. The van der Waals surface area contributed by atoms with Gasteiger partial charge in [-0.05, 0) is 42.7 Å². The first-order valence-corrected chi connectivity index (χ1v) is 10.2. The lowest BCUT2D eigenvalue weighted by Gasteiger charge is -2.43. The van der Waals surface area contributed by atoms with E-state index in [1.54, 1.807) is 18.2 Å². The van der Waals surface area contributed by atoms with Gasteiger partial charge < -0.3 is 10.1 Å². The standard InChI is InChI=1S/C22H27N3O6/c1-14-9-21(2,3)13-22(10-14)19(29)25(20(30)24-22)11-17(27)31-12-16(26)23-18(28)15-7-5-4-6-8-15/h4-8,14H,9-13H2,1-3H3,(H,24,30)(H,23,26,28). The monoisotopic (exact) mass is 429 g/mol. The minimum atomic E-state index is -1.02. The van der Waals surface area contributed by atoms with Crippen LogP contribution in [0.3, 0.4) is 0 Å². The highest BCUT2D eigenvalue weighted by molar-refractivity contribution is 6.09. The van der Waals surface area contributed by atoms with Crippen molar-refractivity contribution in [2.24, 2.45) is 11.3 Å². The molecule has 2 N–H and O–H groups in total. The summed E-state index contributed by atoms with van der Waals surface area (Å²) >= 11 is 0. The molecule has 2 unspecified atom stereocenters. The summed E-state index contributed by atoms with van der Waals surface area (Å²) in [5, 5.41) is 4.88. The molecule has 2 fully saturated rings. The van der Waals surface area contributed by atoms with E-state index in [1.165, 1.54) is 12.1 Å². The maximum Gasteiger partial charge on any atom is 0.326 e. The Hall–Kier alpha value is -3.23. The highest BCUT2D eigenvalue weighted by Gasteiger charge is 2.56. The normalized spacial score (nSPS) is 24.6. The number of imide groups is 2. The zero-order chi connectivity index (χ0) is 22.8. The third kappa shape index (κ3) is 5.10. The van der Waals surface area contributed by atoms with Gasteiger partial charge in [0.1, 0.15) is 12.1 Å². The van der Waals surface area contributed by atoms with Crippen LogP contribution in [0.1, 0.15) is 50.4 Å². The van der Waals surface area contributed by atoms with E-state index in [4.69, 9.17) is 4.74 Å². The van der Waals surface area contributed by atoms with E-state index in [-0.39, 0.29) is 16.9 Å². The molecule has 1 aliphatic heterocycles. The number of ether oxygens (including phenoxy) is 1. The molecule has 31 heavy (non-hydrogen) atoms. The number of rotatable bonds is 5. The van der Waals surface area contributed by atoms with Gasteiger partial charge in [-0.15, -0.1) is 0 Å². The topological polar surface area (TPSA) is 122 Å². The van der Waals surface area contributed by atoms with E-state index in [1.807, 2.05) is 6.92 Å². The van der Waals surface area contributed by atoms with Crippen LogP contribution in [0.4, 0.5) is 4.79 Å². The summed E-state index contributed by atoms with van der Waals surface area (Å²) in [4.78, 5) is 62.2. The number of carbonyl (C=O) groups excluding carboxylic acids is 5. The third-order valence-electron chi connectivity index (χ3n) is 5.56. The summed E-state index contributed by atoms with van der Waals surface area (Å²) in [6.45, 7) is 4.85. The lowest BCUT2D eigenvalue weighted by atomic mass is 9.64. The number of esters is 1. The van der Waals surface area contributed by atoms with Gasteiger partial charge in [0.15, 0.2) is 6.61 Å². The van der Waals surface area contributed by atoms with Crippen LogP contribution in [0.15, 0.2) is 30.3 Å². The molecule has 9 heteroatoms. The number of nitrogens with one attached hydrogen (secondary N) is 2. The molecule has 0 aromatic heterocycles. The Kier molecular flexibility index (Phi) is 6.15. The Morgan fingerprint density at radius 2 is 1.84 bits per heavy atom. The van der Waals surface area contributed by atoms with Crippen LogP contribution in [0, 0.1) is 11.3 Å². The molecule has 1 spiro atoms. The van der Waals surface area contributed by atoms with E-state index >= 15 is 0 Å². The van der Waals surface area contributed by atoms with Gasteiger partial charge in [0.05, 0.1) is 0 Å². The fourth-order valence-corrected chi connectivity index (χ4v) is 4.79. The first-order chi connectivity index (χ1) is 14.5. The van der Waals surface area contributed by atoms with Crippen molar-refractivity contribution in [3.63, 3.8) is 0 Å². The minimum Gasteiger partial charge on any atom is -0.454 e. The first-order valence-electron chi connectivity index (χ1n) is 10.2. The molecule has 1 aromatic rings. The van der Waals surface area contributed by atoms with Crippen LogP contribution >= 0.6 is 0 Å². The first kappa shape index (κ1) is 22.5. The maximum atomic E-state index is 13.0. The highest BCUT2D eigenvalue weighted by Crippen LogP contribution is 2.46. The molecule has 2 aliphatic rings. The third-order valence-corrected chi connectivity index (χ3v) is 5.56. The van der Waals surface area contributed by atoms with Gasteiger partial charge in [0, 0.05) is 5.56 Å². The Morgan fingerprint density at radius 1 is 1.16 bits per heavy atom. The average Bonchev–Trinajstić information content (AvgIpc) is 2.88. The molecular formula is C22H27N3O6. The lowest BCUT2D eigenvalue weighted by Crippen LogP contribution is -2.54. The SMILES string of the molecule is CC1CC(C)(C)CC2(C1)NC(=O)N(CC(=O)OCC(=O)NC(=O)c1ccccc1)C2=O. The molecule has 0 radical (unpaired) electrons. The summed E-state index contributed by atoms with van der Waals surface area (Å²) in [6, 6.07) is 7.47. The Labute approximate surface area is 180 Å². The van der Waals surface area contributed by atoms with Gasteiger partial charge >= 0.3 is 12.0 Å². The molecule has 166 valence electrons. The molecule has 1 aromatic carbocycles. The molecule has 1 heterocycles. The van der Waals surface area contributed by atoms with Crippen molar-refractivity contribution in [1.29, 1.82) is 0 Å². The Bertz CT molecular complexity index is 913. The molecule has 9 nitrogen and oxygen atoms in total. The second-order valence-electron chi connectivity index (χ2n) is 9.16. The number of carbonyl (C=O) groups is 5. The molecule has 1 saturated heterocycles. The maximum absolute atomic E-state index is 13.0. The predicted molar refractivity (Wildman–Crippen MR) is 110 cm³/mol. The van der Waals surface area contributed by atoms with Crippen molar-refractivity contribution >= 4 is 29.7 Å². The number of benzene rings is 1. The number of hydrogen-bond acceptors (Lipinski definition) is 6. The van der Waals surface area contributed by atoms with Crippen molar-refractivity contribution in [2.45, 2.75) is 45.6 Å². The zero-order valence-electron chi connectivity index (χ0n) is 17.9. The summed E-state index contributed by atoms with van der Waals surface area (Å²) in [6.07, 6.45) is 1.94. The Balaban J connectivity index is 1.53. The smallest absolute Gasteiger partial charge is 0.326 e. The van der Waals surface area contributed by atoms with Crippen LogP contribution < -0.4 is 10.6 Å². The van der Waals surface area contributed by atoms with Crippen LogP contribution in [0.25, 0.3) is 0 Å². The van der Waals surface area contributed by atoms with Gasteiger partial charge in [-0.2, -0.15) is 0 Å². The van der Waals surface area contributed by atoms with E-state index in [0.29, 0.717) is 12.8 Å². The zero-order valence-corrected chi connectivity index (χ0v) is 17.9. The summed E-state index contributed by atoms with van der Waals surface area (Å²) in [5.74, 6) is -2.54. The van der Waals surface area contributed by atoms with Crippen molar-refractivity contribution < 1.29 is 28.7 Å². The van der Waals surface area contributed by atoms with E-state index in [2.05, 4.69) is 24.5 Å². The molecule has 5 amide bonds. The van der Waals surface area contributed by atoms with Gasteiger partial charge in [-0.25, -0.2) is 4.79 Å². The Morgan fingerprint density at radius 3 is 2.48 bits per heavy atom. The van der Waals surface area contributed by atoms with Crippen LogP contribution in [0.5, 0.6) is 0 Å². The largest absolute Gasteiger partial charge is 0.454 e. The van der Waals surface area contributed by atoms with Gasteiger partial charge in [-0.3, -0.25) is 29.4 Å². The lowest BCUT2D eigenvalue weighted by molar-refractivity contribution is -0.151. The average molecular weight is 429 g/mol. The second kappa shape index (κ2) is 8.49. The molecule has 1 saturated carbocycles. The quantitative estimate of drug-likeness (QED) is 0.542. The second-order valence-corrected chi connectivity index (χ2v) is 9.16. The van der Waals surface area contributed by atoms with Crippen LogP contribution in [-0.2, 0) is 19.1 Å². The van der Waals surface area contributed by atoms with E-state index in [0.717, 1.165) is 11.3 Å². The van der Waals surface area contributed by atoms with Crippen LogP contribution in [-0.4, -0.2) is 53.3 Å². The summed E-state index contributed by atoms with van der Waals surface area (Å²) < 4.78 is 4.86. The van der Waals surface area contributed by atoms with E-state index in [9.17, 15) is 24.0 Å². The number of amides is 5. The van der Waals surface area contributed by atoms with Gasteiger partial charge in [0.2, 0.25) is 0 Å². The van der Waals surface area contributed by atoms with E-state index < -0.39 is 48.4 Å². The molecular weight excluding hydrogens is 402 g/mol. The van der Waals surface area contributed by atoms with Gasteiger partial charge in [0.25, 0.3) is 17.7 Å². The van der Waals surface area contributed by atoms with Crippen molar-refractivity contribution in [3.05, 3.63) is 35.9 Å². The van der Waals surface area contributed by atoms with Crippen molar-refractivity contribution in [2.75, 3.05) is 13.2 Å². The number of hydrogen-bond donors (Lipinski definition) is 2. The molecule has 0 bridgehead atoms.